The summed E-state index contributed by atoms with van der Waals surface area (Å²) in [6.07, 6.45) is 1.28. The molecule has 0 aromatic carbocycles. The van der Waals surface area contributed by atoms with Crippen molar-refractivity contribution >= 4 is 28.7 Å². The minimum absolute atomic E-state index is 0.146. The van der Waals surface area contributed by atoms with E-state index in [4.69, 9.17) is 0 Å². The lowest BCUT2D eigenvalue weighted by molar-refractivity contribution is -0.136. The minimum Gasteiger partial charge on any atom is -0.362 e. The predicted octanol–water partition coefficient (Wildman–Crippen LogP) is 1.24. The zero-order chi connectivity index (χ0) is 14.2. The Morgan fingerprint density at radius 2 is 2.05 bits per heavy atom. The van der Waals surface area contributed by atoms with Gasteiger partial charge in [0.15, 0.2) is 5.17 Å². The van der Waals surface area contributed by atoms with Crippen molar-refractivity contribution < 1.29 is 9.59 Å². The molecule has 0 aliphatic carbocycles. The fraction of sp³-hybridized carbons (Fsp3) is 0.769. The molecule has 0 radical (unpaired) electrons. The first-order chi connectivity index (χ1) is 8.79. The van der Waals surface area contributed by atoms with Gasteiger partial charge in [0.05, 0.1) is 6.42 Å². The molecule has 1 N–H and O–H groups in total. The van der Waals surface area contributed by atoms with Gasteiger partial charge in [0, 0.05) is 18.8 Å². The van der Waals surface area contributed by atoms with Gasteiger partial charge >= 0.3 is 0 Å². The monoisotopic (exact) mass is 283 g/mol. The van der Waals surface area contributed by atoms with E-state index in [-0.39, 0.29) is 23.7 Å². The summed E-state index contributed by atoms with van der Waals surface area (Å²) in [5.41, 5.74) is 0.161. The van der Waals surface area contributed by atoms with Gasteiger partial charge in [-0.2, -0.15) is 0 Å². The van der Waals surface area contributed by atoms with Gasteiger partial charge in [-0.05, 0) is 11.8 Å². The Balaban J connectivity index is 2.08. The Morgan fingerprint density at radius 1 is 1.37 bits per heavy atom. The molecule has 2 atom stereocenters. The molecule has 2 fully saturated rings. The summed E-state index contributed by atoms with van der Waals surface area (Å²) in [5.74, 6) is 0.656. The molecular formula is C13H21N3O2S. The Morgan fingerprint density at radius 3 is 2.58 bits per heavy atom. The first-order valence-electron chi connectivity index (χ1n) is 6.56. The summed E-state index contributed by atoms with van der Waals surface area (Å²) in [7, 11) is 1.52. The van der Waals surface area contributed by atoms with E-state index in [1.165, 1.54) is 11.9 Å². The van der Waals surface area contributed by atoms with Gasteiger partial charge in [0.25, 0.3) is 5.91 Å². The molecule has 0 bridgehead atoms. The van der Waals surface area contributed by atoms with E-state index < -0.39 is 6.04 Å². The second kappa shape index (κ2) is 5.15. The molecule has 106 valence electrons. The van der Waals surface area contributed by atoms with Crippen LogP contribution >= 0.6 is 11.8 Å². The van der Waals surface area contributed by atoms with Crippen molar-refractivity contribution in [2.45, 2.75) is 45.7 Å². The maximum absolute atomic E-state index is 11.8. The summed E-state index contributed by atoms with van der Waals surface area (Å²) in [6, 6.07) is -0.177. The Hall–Kier alpha value is -1.04. The van der Waals surface area contributed by atoms with Crippen LogP contribution in [0.15, 0.2) is 4.99 Å². The Kier molecular flexibility index (Phi) is 3.90. The molecule has 0 spiro atoms. The second-order valence-electron chi connectivity index (χ2n) is 6.15. The number of amides is 2. The number of nitrogens with zero attached hydrogens (tertiary/aromatic N) is 2. The van der Waals surface area contributed by atoms with Crippen LogP contribution < -0.4 is 5.32 Å². The van der Waals surface area contributed by atoms with Gasteiger partial charge in [-0.25, -0.2) is 4.99 Å². The fourth-order valence-corrected chi connectivity index (χ4v) is 3.21. The van der Waals surface area contributed by atoms with Crippen molar-refractivity contribution in [2.24, 2.45) is 10.4 Å². The Bertz CT molecular complexity index is 428. The van der Waals surface area contributed by atoms with E-state index in [0.717, 1.165) is 17.3 Å². The molecular weight excluding hydrogens is 262 g/mol. The van der Waals surface area contributed by atoms with E-state index >= 15 is 0 Å². The number of hydrogen-bond acceptors (Lipinski definition) is 4. The number of hydrogen-bond donors (Lipinski definition) is 1. The van der Waals surface area contributed by atoms with Gasteiger partial charge in [-0.3, -0.25) is 14.5 Å². The summed E-state index contributed by atoms with van der Waals surface area (Å²) in [6.45, 7) is 6.57. The molecule has 2 rings (SSSR count). The van der Waals surface area contributed by atoms with Crippen molar-refractivity contribution in [1.82, 2.24) is 10.2 Å². The molecule has 2 unspecified atom stereocenters. The van der Waals surface area contributed by atoms with Crippen molar-refractivity contribution in [1.29, 1.82) is 0 Å². The number of imide groups is 1. The Labute approximate surface area is 118 Å². The van der Waals surface area contributed by atoms with Crippen LogP contribution in [-0.4, -0.2) is 46.8 Å². The number of aliphatic imine (C=N–C) groups is 1. The van der Waals surface area contributed by atoms with Crippen LogP contribution in [0.1, 0.15) is 33.6 Å². The van der Waals surface area contributed by atoms with Gasteiger partial charge in [-0.15, -0.1) is 0 Å². The number of amidine groups is 1. The molecule has 6 heteroatoms. The molecule has 0 aromatic rings. The molecule has 2 saturated heterocycles. The van der Waals surface area contributed by atoms with Crippen LogP contribution in [-0.2, 0) is 9.59 Å². The summed E-state index contributed by atoms with van der Waals surface area (Å²) >= 11 is 1.63. The average molecular weight is 283 g/mol. The SMILES string of the molecule is CN1C(=O)CC(N=C2NC(C(C)(C)C)CCS2)C1=O. The number of carbonyl (C=O) groups is 2. The number of carbonyl (C=O) groups excluding carboxylic acids is 2. The second-order valence-corrected chi connectivity index (χ2v) is 7.23. The largest absolute Gasteiger partial charge is 0.362 e. The summed E-state index contributed by atoms with van der Waals surface area (Å²) in [5, 5.41) is 4.20. The normalized spacial score (nSPS) is 30.9. The average Bonchev–Trinajstić information content (AvgIpc) is 2.56. The molecule has 19 heavy (non-hydrogen) atoms. The lowest BCUT2D eigenvalue weighted by Gasteiger charge is -2.35. The van der Waals surface area contributed by atoms with Crippen molar-refractivity contribution in [3.8, 4) is 0 Å². The maximum atomic E-state index is 11.8. The third-order valence-corrected chi connectivity index (χ3v) is 4.56. The highest BCUT2D eigenvalue weighted by Crippen LogP contribution is 2.28. The van der Waals surface area contributed by atoms with Crippen LogP contribution in [0, 0.1) is 5.41 Å². The van der Waals surface area contributed by atoms with Crippen LogP contribution in [0.25, 0.3) is 0 Å². The van der Waals surface area contributed by atoms with Gasteiger partial charge in [0.1, 0.15) is 6.04 Å². The fourth-order valence-electron chi connectivity index (χ4n) is 2.24. The molecule has 2 amide bonds. The highest BCUT2D eigenvalue weighted by molar-refractivity contribution is 8.13. The zero-order valence-electron chi connectivity index (χ0n) is 11.9. The van der Waals surface area contributed by atoms with E-state index in [9.17, 15) is 9.59 Å². The number of rotatable bonds is 1. The maximum Gasteiger partial charge on any atom is 0.254 e. The third-order valence-electron chi connectivity index (χ3n) is 3.62. The molecule has 0 saturated carbocycles. The lowest BCUT2D eigenvalue weighted by atomic mass is 9.85. The topological polar surface area (TPSA) is 61.8 Å². The van der Waals surface area contributed by atoms with Gasteiger partial charge < -0.3 is 5.32 Å². The van der Waals surface area contributed by atoms with Crippen molar-refractivity contribution in [2.75, 3.05) is 12.8 Å². The first-order valence-corrected chi connectivity index (χ1v) is 7.55. The summed E-state index contributed by atoms with van der Waals surface area (Å²) < 4.78 is 0. The minimum atomic E-state index is -0.536. The van der Waals surface area contributed by atoms with Crippen LogP contribution in [0.3, 0.4) is 0 Å². The van der Waals surface area contributed by atoms with Crippen LogP contribution in [0.4, 0.5) is 0 Å². The third kappa shape index (κ3) is 3.11. The van der Waals surface area contributed by atoms with E-state index in [2.05, 4.69) is 31.1 Å². The quantitative estimate of drug-likeness (QED) is 0.736. The van der Waals surface area contributed by atoms with Crippen molar-refractivity contribution in [3.63, 3.8) is 0 Å². The van der Waals surface area contributed by atoms with E-state index in [1.807, 2.05) is 0 Å². The standard InChI is InChI=1S/C13H21N3O2S/c1-13(2,3)9-5-6-19-12(15-9)14-8-7-10(17)16(4)11(8)18/h8-9H,5-7H2,1-4H3,(H,14,15). The lowest BCUT2D eigenvalue weighted by Crippen LogP contribution is -2.46. The number of nitrogens with one attached hydrogen (secondary N) is 1. The zero-order valence-corrected chi connectivity index (χ0v) is 12.7. The van der Waals surface area contributed by atoms with Crippen LogP contribution in [0.2, 0.25) is 0 Å². The van der Waals surface area contributed by atoms with Gasteiger partial charge in [0.2, 0.25) is 5.91 Å². The van der Waals surface area contributed by atoms with Crippen molar-refractivity contribution in [3.05, 3.63) is 0 Å². The van der Waals surface area contributed by atoms with Crippen LogP contribution in [0.5, 0.6) is 0 Å². The first kappa shape index (κ1) is 14.4. The molecule has 2 aliphatic rings. The molecule has 2 heterocycles. The number of likely N-dealkylation sites (N-methyl/N-ethyl adjacent to an activating group) is 1. The highest BCUT2D eigenvalue weighted by atomic mass is 32.2. The predicted molar refractivity (Wildman–Crippen MR) is 77.1 cm³/mol. The highest BCUT2D eigenvalue weighted by Gasteiger charge is 2.37. The molecule has 0 aromatic heterocycles. The van der Waals surface area contributed by atoms with E-state index in [0.29, 0.717) is 6.04 Å². The van der Waals surface area contributed by atoms with Gasteiger partial charge in [-0.1, -0.05) is 32.5 Å². The summed E-state index contributed by atoms with van der Waals surface area (Å²) in [4.78, 5) is 28.9. The smallest absolute Gasteiger partial charge is 0.254 e. The number of thioether (sulfide) groups is 1. The molecule has 5 nitrogen and oxygen atoms in total. The van der Waals surface area contributed by atoms with E-state index in [1.54, 1.807) is 11.8 Å². The molecule has 2 aliphatic heterocycles. The number of likely N-dealkylation sites (tertiary alicyclic amines) is 1.